The van der Waals surface area contributed by atoms with E-state index in [4.69, 9.17) is 24.9 Å². The molecule has 23 aromatic rings. The summed E-state index contributed by atoms with van der Waals surface area (Å²) in [7, 11) is 0. The molecular formula is C124H83N7. The van der Waals surface area contributed by atoms with Crippen molar-refractivity contribution in [3.05, 3.63) is 535 Å². The van der Waals surface area contributed by atoms with E-state index in [-0.39, 0.29) is 0 Å². The molecule has 19 aromatic carbocycles. The standard InChI is InChI=1S/C78H51N3.C46H32N4/c1-5-21-57(22-6-1)77(58-23-7-2-8-24-58)68-33-17-13-29-62(68)64-47-43-55(49-70(64)77)73-51-72(54-39-37-52(38-40-54)53-41-45-61(46-42-53)81-74-35-19-15-31-66(74)67-32-16-20-36-75(67)81)79-76(80-73)56-44-48-65-63-30-14-18-34-69(63)78(71(65)50-56,59-25-9-3-10-26-59)60-27-11-4-12-28-60;1-31-10-9-13-38(30-31)46-48-44(36-22-18-33(19-23-36)32-11-3-2-4-12-32)47-45(49-46)37-24-20-34(21-25-37)35-26-28-39(29-27-35)50-42-16-7-5-14-40(42)41-15-6-8-17-43(41)50/h1-51H;2-30H,1H3. The predicted molar refractivity (Wildman–Crippen MR) is 539 cm³/mol. The van der Waals surface area contributed by atoms with Crippen molar-refractivity contribution in [3.8, 4) is 135 Å². The summed E-state index contributed by atoms with van der Waals surface area (Å²) in [6.45, 7) is 2.09. The van der Waals surface area contributed by atoms with Gasteiger partial charge in [-0.15, -0.1) is 0 Å². The Morgan fingerprint density at radius 2 is 0.443 bits per heavy atom. The van der Waals surface area contributed by atoms with E-state index in [9.17, 15) is 0 Å². The molecule has 4 heterocycles. The van der Waals surface area contributed by atoms with Crippen LogP contribution in [0.3, 0.4) is 0 Å². The number of nitrogens with zero attached hydrogens (tertiary/aromatic N) is 7. The lowest BCUT2D eigenvalue weighted by Crippen LogP contribution is -2.28. The second kappa shape index (κ2) is 32.4. The van der Waals surface area contributed by atoms with Crippen LogP contribution in [0.5, 0.6) is 0 Å². The van der Waals surface area contributed by atoms with Gasteiger partial charge in [0.05, 0.1) is 44.3 Å². The maximum Gasteiger partial charge on any atom is 0.164 e. The van der Waals surface area contributed by atoms with Crippen LogP contribution in [0.15, 0.2) is 485 Å². The number of fused-ring (bicyclic) bond motifs is 12. The molecule has 2 aliphatic rings. The molecule has 0 amide bonds. The molecule has 2 aliphatic carbocycles. The molecule has 0 N–H and O–H groups in total. The second-order valence-corrected chi connectivity index (χ2v) is 34.1. The summed E-state index contributed by atoms with van der Waals surface area (Å²) >= 11 is 0. The highest BCUT2D eigenvalue weighted by Crippen LogP contribution is 2.59. The third kappa shape index (κ3) is 13.3. The number of hydrogen-bond acceptors (Lipinski definition) is 5. The third-order valence-corrected chi connectivity index (χ3v) is 26.8. The van der Waals surface area contributed by atoms with E-state index >= 15 is 0 Å². The van der Waals surface area contributed by atoms with Crippen LogP contribution in [0.1, 0.15) is 50.1 Å². The first-order chi connectivity index (χ1) is 64.8. The fraction of sp³-hybridized carbons (Fsp3) is 0.0242. The van der Waals surface area contributed by atoms with Crippen molar-refractivity contribution in [2.24, 2.45) is 0 Å². The van der Waals surface area contributed by atoms with Gasteiger partial charge in [0.15, 0.2) is 23.3 Å². The van der Waals surface area contributed by atoms with Gasteiger partial charge >= 0.3 is 0 Å². The van der Waals surface area contributed by atoms with E-state index < -0.39 is 10.8 Å². The average molecular weight is 1670 g/mol. The maximum atomic E-state index is 5.65. The monoisotopic (exact) mass is 1670 g/mol. The highest BCUT2D eigenvalue weighted by atomic mass is 15.0. The first kappa shape index (κ1) is 77.4. The van der Waals surface area contributed by atoms with Crippen molar-refractivity contribution in [2.75, 3.05) is 0 Å². The van der Waals surface area contributed by atoms with E-state index in [1.807, 2.05) is 12.1 Å². The lowest BCUT2D eigenvalue weighted by Gasteiger charge is -2.34. The summed E-state index contributed by atoms with van der Waals surface area (Å²) in [5.41, 5.74) is 36.4. The quantitative estimate of drug-likeness (QED) is 0.102. The molecule has 0 saturated carbocycles. The summed E-state index contributed by atoms with van der Waals surface area (Å²) in [4.78, 5) is 26.1. The summed E-state index contributed by atoms with van der Waals surface area (Å²) < 4.78 is 4.71. The zero-order valence-electron chi connectivity index (χ0n) is 71.8. The SMILES string of the molecule is Cc1cccc(-c2nc(-c3ccc(-c4ccccc4)cc3)nc(-c3ccc(-c4ccc(-n5c6ccccc6c6ccccc65)cc4)cc3)n2)c1.c1ccc(C2(c3ccccc3)c3ccccc3-c3ccc(-c4cc(-c5ccc(-c6ccc(-n7c8ccccc8c8ccccc87)cc6)cc5)nc(-c5ccc6c(c5)C(c5ccccc5)(c5ccccc5)c5ccccc5-6)n4)cc32)cc1. The van der Waals surface area contributed by atoms with Crippen LogP contribution in [0.2, 0.25) is 0 Å². The fourth-order valence-corrected chi connectivity index (χ4v) is 20.7. The van der Waals surface area contributed by atoms with Gasteiger partial charge in [-0.05, 0) is 180 Å². The molecule has 0 atom stereocenters. The van der Waals surface area contributed by atoms with Gasteiger partial charge < -0.3 is 9.13 Å². The minimum atomic E-state index is -0.574. The van der Waals surface area contributed by atoms with E-state index in [2.05, 4.69) is 489 Å². The van der Waals surface area contributed by atoms with Crippen LogP contribution in [-0.2, 0) is 10.8 Å². The van der Waals surface area contributed by atoms with Crippen LogP contribution in [0.4, 0.5) is 0 Å². The average Bonchev–Trinajstić information content (AvgIpc) is 1.54. The molecule has 25 rings (SSSR count). The van der Waals surface area contributed by atoms with Gasteiger partial charge in [0.1, 0.15) is 0 Å². The number of aromatic nitrogens is 7. The summed E-state index contributed by atoms with van der Waals surface area (Å²) in [6, 6.07) is 175. The van der Waals surface area contributed by atoms with Crippen LogP contribution < -0.4 is 0 Å². The Hall–Kier alpha value is -17.1. The molecule has 7 heteroatoms. The molecule has 7 nitrogen and oxygen atoms in total. The minimum Gasteiger partial charge on any atom is -0.309 e. The van der Waals surface area contributed by atoms with Crippen molar-refractivity contribution >= 4 is 43.6 Å². The van der Waals surface area contributed by atoms with Gasteiger partial charge in [-0.25, -0.2) is 24.9 Å². The van der Waals surface area contributed by atoms with Crippen molar-refractivity contribution in [1.29, 1.82) is 0 Å². The molecule has 4 aromatic heterocycles. The van der Waals surface area contributed by atoms with Gasteiger partial charge in [-0.1, -0.05) is 418 Å². The maximum absolute atomic E-state index is 5.65. The zero-order valence-corrected chi connectivity index (χ0v) is 71.8. The smallest absolute Gasteiger partial charge is 0.164 e. The molecule has 0 aliphatic heterocycles. The van der Waals surface area contributed by atoms with Crippen LogP contribution in [0.25, 0.3) is 179 Å². The molecule has 0 unspecified atom stereocenters. The Morgan fingerprint density at radius 3 is 0.840 bits per heavy atom. The van der Waals surface area contributed by atoms with Crippen LogP contribution >= 0.6 is 0 Å². The second-order valence-electron chi connectivity index (χ2n) is 34.1. The molecule has 0 fully saturated rings. The zero-order chi connectivity index (χ0) is 86.9. The number of para-hydroxylation sites is 4. The highest BCUT2D eigenvalue weighted by molar-refractivity contribution is 6.10. The first-order valence-corrected chi connectivity index (χ1v) is 44.8. The topological polar surface area (TPSA) is 74.3 Å². The number of rotatable bonds is 15. The normalized spacial score (nSPS) is 12.6. The van der Waals surface area contributed by atoms with Crippen molar-refractivity contribution in [3.63, 3.8) is 0 Å². The number of benzene rings is 19. The summed E-state index contributed by atoms with van der Waals surface area (Å²) in [5, 5.41) is 5.04. The first-order valence-electron chi connectivity index (χ1n) is 44.8. The predicted octanol–water partition coefficient (Wildman–Crippen LogP) is 30.6. The Labute approximate surface area is 760 Å². The Kier molecular flexibility index (Phi) is 19.1. The van der Waals surface area contributed by atoms with Gasteiger partial charge in [0.25, 0.3) is 0 Å². The molecule has 131 heavy (non-hydrogen) atoms. The van der Waals surface area contributed by atoms with Crippen molar-refractivity contribution in [1.82, 2.24) is 34.1 Å². The van der Waals surface area contributed by atoms with Crippen molar-refractivity contribution < 1.29 is 0 Å². The van der Waals surface area contributed by atoms with E-state index in [0.29, 0.717) is 23.3 Å². The van der Waals surface area contributed by atoms with E-state index in [1.165, 1.54) is 116 Å². The lowest BCUT2D eigenvalue weighted by molar-refractivity contribution is 0.768. The van der Waals surface area contributed by atoms with E-state index in [1.54, 1.807) is 0 Å². The third-order valence-electron chi connectivity index (χ3n) is 26.8. The van der Waals surface area contributed by atoms with Crippen LogP contribution in [-0.4, -0.2) is 34.1 Å². The summed E-state index contributed by atoms with van der Waals surface area (Å²) in [6.07, 6.45) is 0. The highest BCUT2D eigenvalue weighted by Gasteiger charge is 2.48. The van der Waals surface area contributed by atoms with Gasteiger partial charge in [-0.3, -0.25) is 0 Å². The van der Waals surface area contributed by atoms with Gasteiger partial charge in [0.2, 0.25) is 0 Å². The Bertz CT molecular complexity index is 7890. The minimum absolute atomic E-state index is 0.562. The number of aryl methyl sites for hydroxylation is 1. The lowest BCUT2D eigenvalue weighted by atomic mass is 9.67. The largest absolute Gasteiger partial charge is 0.309 e. The fourth-order valence-electron chi connectivity index (χ4n) is 20.7. The Morgan fingerprint density at radius 1 is 0.176 bits per heavy atom. The Balaban J connectivity index is 0.000000162. The number of hydrogen-bond donors (Lipinski definition) is 0. The molecular weight excluding hydrogens is 1590 g/mol. The molecule has 0 bridgehead atoms. The van der Waals surface area contributed by atoms with E-state index in [0.717, 1.165) is 89.5 Å². The van der Waals surface area contributed by atoms with Crippen LogP contribution in [0, 0.1) is 6.92 Å². The van der Waals surface area contributed by atoms with Gasteiger partial charge in [0, 0.05) is 66.3 Å². The molecule has 0 spiro atoms. The molecule has 0 saturated heterocycles. The van der Waals surface area contributed by atoms with Gasteiger partial charge in [-0.2, -0.15) is 0 Å². The van der Waals surface area contributed by atoms with Crippen molar-refractivity contribution in [2.45, 2.75) is 17.8 Å². The molecule has 0 radical (unpaired) electrons. The summed E-state index contributed by atoms with van der Waals surface area (Å²) in [5.74, 6) is 2.62. The molecule has 614 valence electrons.